The highest BCUT2D eigenvalue weighted by molar-refractivity contribution is 6.11. The van der Waals surface area contributed by atoms with Crippen molar-refractivity contribution in [1.82, 2.24) is 60.0 Å². The van der Waals surface area contributed by atoms with E-state index in [0.29, 0.717) is 16.7 Å². The first-order valence-electron chi connectivity index (χ1n) is 28.7. The van der Waals surface area contributed by atoms with Crippen molar-refractivity contribution < 1.29 is 57.5 Å². The number of fused-ring (bicyclic) bond motifs is 3. The van der Waals surface area contributed by atoms with Crippen LogP contribution in [0.25, 0.3) is 0 Å². The van der Waals surface area contributed by atoms with E-state index in [4.69, 9.17) is 0 Å². The molecule has 7 aliphatic heterocycles. The van der Waals surface area contributed by atoms with E-state index >= 15 is 28.8 Å². The summed E-state index contributed by atoms with van der Waals surface area (Å²) in [6.45, 7) is 6.47. The predicted octanol–water partition coefficient (Wildman–Crippen LogP) is 1.73. The quantitative estimate of drug-likeness (QED) is 0.219. The molecule has 15 amide bonds. The molecule has 0 aromatic heterocycles. The van der Waals surface area contributed by atoms with Crippen LogP contribution < -0.4 is 16.0 Å². The van der Waals surface area contributed by atoms with Crippen molar-refractivity contribution in [2.24, 2.45) is 17.8 Å². The molecule has 84 heavy (non-hydrogen) atoms. The summed E-state index contributed by atoms with van der Waals surface area (Å²) in [5, 5.41) is 8.39. The summed E-state index contributed by atoms with van der Waals surface area (Å²) < 4.78 is 0. The second-order valence-corrected chi connectivity index (χ2v) is 24.7. The van der Waals surface area contributed by atoms with Gasteiger partial charge in [-0.3, -0.25) is 57.9 Å². The van der Waals surface area contributed by atoms with Gasteiger partial charge < -0.3 is 45.3 Å². The summed E-state index contributed by atoms with van der Waals surface area (Å²) in [6.07, 6.45) is -1.29. The minimum absolute atomic E-state index is 0.0854. The zero-order chi connectivity index (χ0) is 60.2. The topological polar surface area (TPSA) is 270 Å². The SMILES string of the molecule is CC(C)CN1CC(=O)N2C[C@]3(C[C@H]2C(=O)N(CC(C)C)CC(=O)N2C[C@]4(C[C@H]2C(=O)N(CC(C)C)CC(=O)N2C[C@]5(C[C@H]2C1=O)NC(=O)N(Cc1ccccc1)C5=O)NC(=O)N(Cc1ccccc1)C4=O)NC(=O)N(Cc1ccccc1)C3=O. The predicted molar refractivity (Wildman–Crippen MR) is 299 cm³/mol. The van der Waals surface area contributed by atoms with Crippen LogP contribution >= 0.6 is 0 Å². The third-order valence-corrected chi connectivity index (χ3v) is 16.8. The lowest BCUT2D eigenvalue weighted by Crippen LogP contribution is -2.58. The smallest absolute Gasteiger partial charge is 0.325 e. The van der Waals surface area contributed by atoms with Gasteiger partial charge in [0.15, 0.2) is 0 Å². The first kappa shape index (κ1) is 58.5. The van der Waals surface area contributed by atoms with Gasteiger partial charge in [0.25, 0.3) is 17.7 Å². The Morgan fingerprint density at radius 3 is 0.845 bits per heavy atom. The molecule has 24 heteroatoms. The van der Waals surface area contributed by atoms with Crippen LogP contribution in [0.5, 0.6) is 0 Å². The Labute approximate surface area is 486 Å². The van der Waals surface area contributed by atoms with Crippen molar-refractivity contribution in [3.63, 3.8) is 0 Å². The Morgan fingerprint density at radius 1 is 0.381 bits per heavy atom. The molecule has 3 N–H and O–H groups in total. The molecule has 444 valence electrons. The van der Waals surface area contributed by atoms with Crippen LogP contribution in [-0.2, 0) is 62.8 Å². The lowest BCUT2D eigenvalue weighted by molar-refractivity contribution is -0.154. The van der Waals surface area contributed by atoms with E-state index in [1.807, 2.05) is 0 Å². The summed E-state index contributed by atoms with van der Waals surface area (Å²) in [4.78, 5) is 189. The lowest BCUT2D eigenvalue weighted by Gasteiger charge is -2.36. The minimum atomic E-state index is -1.85. The summed E-state index contributed by atoms with van der Waals surface area (Å²) in [6, 6.07) is 19.4. The number of benzene rings is 3. The number of rotatable bonds is 12. The van der Waals surface area contributed by atoms with Crippen molar-refractivity contribution in [1.29, 1.82) is 0 Å². The molecule has 0 saturated carbocycles. The number of imide groups is 3. The van der Waals surface area contributed by atoms with E-state index < -0.39 is 165 Å². The molecule has 3 spiro atoms. The monoisotopic (exact) mass is 1150 g/mol. The summed E-state index contributed by atoms with van der Waals surface area (Å²) >= 11 is 0. The zero-order valence-corrected chi connectivity index (χ0v) is 48.2. The molecule has 3 aromatic carbocycles. The van der Waals surface area contributed by atoms with Crippen molar-refractivity contribution in [3.05, 3.63) is 108 Å². The van der Waals surface area contributed by atoms with Crippen LogP contribution in [0.1, 0.15) is 77.5 Å². The number of carbonyl (C=O) groups is 12. The summed E-state index contributed by atoms with van der Waals surface area (Å²) in [7, 11) is 0. The second-order valence-electron chi connectivity index (χ2n) is 24.7. The number of nitrogens with one attached hydrogen (secondary N) is 3. The molecule has 7 fully saturated rings. The van der Waals surface area contributed by atoms with E-state index in [1.54, 1.807) is 133 Å². The maximum Gasteiger partial charge on any atom is 0.325 e. The van der Waals surface area contributed by atoms with E-state index in [1.165, 1.54) is 14.7 Å². The Kier molecular flexibility index (Phi) is 15.9. The minimum Gasteiger partial charge on any atom is -0.331 e. The van der Waals surface area contributed by atoms with Gasteiger partial charge in [-0.2, -0.15) is 0 Å². The van der Waals surface area contributed by atoms with Crippen LogP contribution in [0, 0.1) is 17.8 Å². The van der Waals surface area contributed by atoms with Gasteiger partial charge >= 0.3 is 18.1 Å². The normalized spacial score (nSPS) is 27.2. The first-order chi connectivity index (χ1) is 39.9. The van der Waals surface area contributed by atoms with E-state index in [2.05, 4.69) is 16.0 Å². The van der Waals surface area contributed by atoms with Crippen molar-refractivity contribution in [3.8, 4) is 0 Å². The fraction of sp³-hybridized carbons (Fsp3) is 0.500. The third kappa shape index (κ3) is 11.0. The highest BCUT2D eigenvalue weighted by Gasteiger charge is 2.64. The molecule has 24 nitrogen and oxygen atoms in total. The number of hydrogen-bond acceptors (Lipinski definition) is 12. The van der Waals surface area contributed by atoms with Gasteiger partial charge in [-0.1, -0.05) is 133 Å². The molecule has 0 bridgehead atoms. The van der Waals surface area contributed by atoms with Crippen LogP contribution in [-0.4, -0.2) is 209 Å². The molecule has 10 rings (SSSR count). The highest BCUT2D eigenvalue weighted by atomic mass is 16.2. The van der Waals surface area contributed by atoms with Gasteiger partial charge in [-0.15, -0.1) is 0 Å². The number of urea groups is 3. The molecule has 0 unspecified atom stereocenters. The van der Waals surface area contributed by atoms with Gasteiger partial charge in [-0.25, -0.2) is 14.4 Å². The number of hydrogen-bond donors (Lipinski definition) is 3. The zero-order valence-electron chi connectivity index (χ0n) is 48.2. The van der Waals surface area contributed by atoms with Gasteiger partial charge in [0.1, 0.15) is 34.7 Å². The van der Waals surface area contributed by atoms with E-state index in [0.717, 1.165) is 29.4 Å². The van der Waals surface area contributed by atoms with Crippen LogP contribution in [0.2, 0.25) is 0 Å². The molecular formula is C60H72N12O12. The maximum atomic E-state index is 15.6. The maximum absolute atomic E-state index is 15.6. The van der Waals surface area contributed by atoms with Gasteiger partial charge in [-0.05, 0) is 34.4 Å². The highest BCUT2D eigenvalue weighted by Crippen LogP contribution is 2.39. The van der Waals surface area contributed by atoms with Gasteiger partial charge in [0.05, 0.1) is 58.9 Å². The molecule has 0 aliphatic carbocycles. The summed E-state index contributed by atoms with van der Waals surface area (Å²) in [5.74, 6) is -7.85. The molecule has 6 atom stereocenters. The van der Waals surface area contributed by atoms with Crippen LogP contribution in [0.4, 0.5) is 14.4 Å². The molecule has 7 saturated heterocycles. The Balaban J connectivity index is 1.07. The number of nitrogens with zero attached hydrogens (tertiary/aromatic N) is 9. The van der Waals surface area contributed by atoms with E-state index in [9.17, 15) is 28.8 Å². The standard InChI is InChI=1S/C60H72N12O12/c1-37(2)25-64-31-46(73)71-35-59(53(80)68(56(83)62-59)29-41-18-12-8-13-19-41)23-44(71)50(77)66(27-39(5)6)33-48(75)72-36-60(54(81)69(57(84)63-60)30-42-20-14-9-15-21-42)24-45(72)51(78)65(26-38(3)4)32-47(74)70-34-58(22-43(70)49(64)76)52(79)67(55(82)61-58)28-40-16-10-7-11-17-40/h7-21,37-39,43-45H,22-36H2,1-6H3,(H,61,82)(H,62,83)(H,63,84)/t43-,44-,45-,58-,59-,60-/m0/s1. The largest absolute Gasteiger partial charge is 0.331 e. The van der Waals surface area contributed by atoms with Gasteiger partial charge in [0.2, 0.25) is 35.4 Å². The van der Waals surface area contributed by atoms with Crippen molar-refractivity contribution in [2.75, 3.05) is 58.9 Å². The summed E-state index contributed by atoms with van der Waals surface area (Å²) in [5.41, 5.74) is -3.65. The molecule has 7 heterocycles. The molecule has 7 aliphatic rings. The number of amides is 15. The average molecular weight is 1150 g/mol. The first-order valence-corrected chi connectivity index (χ1v) is 28.7. The Bertz CT molecular complexity index is 2850. The second kappa shape index (κ2) is 22.8. The van der Waals surface area contributed by atoms with Crippen molar-refractivity contribution in [2.45, 2.75) is 115 Å². The van der Waals surface area contributed by atoms with Gasteiger partial charge in [0, 0.05) is 38.9 Å². The van der Waals surface area contributed by atoms with E-state index in [-0.39, 0.29) is 57.0 Å². The fourth-order valence-corrected chi connectivity index (χ4v) is 13.1. The van der Waals surface area contributed by atoms with Crippen LogP contribution in [0.3, 0.4) is 0 Å². The Morgan fingerprint density at radius 2 is 0.619 bits per heavy atom. The lowest BCUT2D eigenvalue weighted by atomic mass is 9.95. The third-order valence-electron chi connectivity index (χ3n) is 16.8. The Hall–Kier alpha value is -8.70. The number of carbonyl (C=O) groups excluding carboxylic acids is 12. The molecular weight excluding hydrogens is 1080 g/mol. The van der Waals surface area contributed by atoms with Crippen molar-refractivity contribution >= 4 is 71.3 Å². The molecule has 0 radical (unpaired) electrons. The van der Waals surface area contributed by atoms with Crippen LogP contribution in [0.15, 0.2) is 91.0 Å². The fourth-order valence-electron chi connectivity index (χ4n) is 13.1. The average Bonchev–Trinajstić information content (AvgIpc) is 1.72. The molecule has 3 aromatic rings.